The van der Waals surface area contributed by atoms with Crippen LogP contribution in [0.3, 0.4) is 0 Å². The molecule has 0 bridgehead atoms. The van der Waals surface area contributed by atoms with Crippen LogP contribution in [0.15, 0.2) is 30.3 Å². The van der Waals surface area contributed by atoms with Crippen LogP contribution < -0.4 is 0 Å². The first-order valence-electron chi connectivity index (χ1n) is 3.03. The zero-order valence-corrected chi connectivity index (χ0v) is 6.88. The van der Waals surface area contributed by atoms with Crippen molar-refractivity contribution in [1.29, 1.82) is 0 Å². The van der Waals surface area contributed by atoms with E-state index in [2.05, 4.69) is 24.8 Å². The second-order valence-electron chi connectivity index (χ2n) is 1.64. The molecule has 0 aliphatic rings. The van der Waals surface area contributed by atoms with E-state index in [1.165, 1.54) is 5.56 Å². The lowest BCUT2D eigenvalue weighted by Crippen LogP contribution is -1.71. The number of benzene rings is 1. The molecule has 0 heterocycles. The molecular formula is C8H12OS. The highest BCUT2D eigenvalue weighted by Crippen LogP contribution is 2.00. The SMILES string of the molecule is CO.SCc1ccccc1. The van der Waals surface area contributed by atoms with Gasteiger partial charge in [0.15, 0.2) is 0 Å². The highest BCUT2D eigenvalue weighted by atomic mass is 32.1. The second kappa shape index (κ2) is 6.65. The minimum atomic E-state index is 0.834. The molecule has 0 unspecified atom stereocenters. The third kappa shape index (κ3) is 3.54. The summed E-state index contributed by atoms with van der Waals surface area (Å²) in [4.78, 5) is 0. The van der Waals surface area contributed by atoms with Gasteiger partial charge in [0.2, 0.25) is 0 Å². The predicted molar refractivity (Wildman–Crippen MR) is 47.3 cm³/mol. The summed E-state index contributed by atoms with van der Waals surface area (Å²) in [5, 5.41) is 7.00. The van der Waals surface area contributed by atoms with E-state index in [-0.39, 0.29) is 0 Å². The van der Waals surface area contributed by atoms with Gasteiger partial charge in [-0.15, -0.1) is 0 Å². The summed E-state index contributed by atoms with van der Waals surface area (Å²) in [6, 6.07) is 10.2. The molecule has 0 spiro atoms. The maximum Gasteiger partial charge on any atom is 0.0319 e. The first kappa shape index (κ1) is 9.53. The first-order valence-corrected chi connectivity index (χ1v) is 3.66. The number of rotatable bonds is 1. The number of hydrogen-bond acceptors (Lipinski definition) is 2. The molecule has 56 valence electrons. The standard InChI is InChI=1S/C7H8S.CH4O/c8-6-7-4-2-1-3-5-7;1-2/h1-5,8H,6H2;2H,1H3. The van der Waals surface area contributed by atoms with Crippen molar-refractivity contribution in [1.82, 2.24) is 0 Å². The average Bonchev–Trinajstić information content (AvgIpc) is 2.10. The highest BCUT2D eigenvalue weighted by Gasteiger charge is 1.80. The van der Waals surface area contributed by atoms with Gasteiger partial charge in [0.05, 0.1) is 0 Å². The molecule has 1 aromatic rings. The molecule has 0 saturated heterocycles. The molecule has 1 nitrogen and oxygen atoms in total. The summed E-state index contributed by atoms with van der Waals surface area (Å²) in [7, 11) is 1.00. The fourth-order valence-corrected chi connectivity index (χ4v) is 0.794. The Hall–Kier alpha value is -0.470. The van der Waals surface area contributed by atoms with Gasteiger partial charge in [-0.25, -0.2) is 0 Å². The lowest BCUT2D eigenvalue weighted by Gasteiger charge is -1.89. The molecule has 0 atom stereocenters. The highest BCUT2D eigenvalue weighted by molar-refractivity contribution is 7.79. The molecule has 0 aromatic heterocycles. The van der Waals surface area contributed by atoms with Gasteiger partial charge in [0, 0.05) is 12.9 Å². The van der Waals surface area contributed by atoms with Crippen LogP contribution in [0.2, 0.25) is 0 Å². The van der Waals surface area contributed by atoms with Gasteiger partial charge in [-0.3, -0.25) is 0 Å². The Morgan fingerprint density at radius 3 is 2.00 bits per heavy atom. The fourth-order valence-electron chi connectivity index (χ4n) is 0.583. The molecule has 0 aliphatic heterocycles. The van der Waals surface area contributed by atoms with Crippen molar-refractivity contribution in [2.45, 2.75) is 5.75 Å². The van der Waals surface area contributed by atoms with Crippen molar-refractivity contribution in [3.05, 3.63) is 35.9 Å². The molecule has 10 heavy (non-hydrogen) atoms. The van der Waals surface area contributed by atoms with Crippen LogP contribution >= 0.6 is 12.6 Å². The van der Waals surface area contributed by atoms with E-state index in [0.29, 0.717) is 0 Å². The van der Waals surface area contributed by atoms with Gasteiger partial charge < -0.3 is 5.11 Å². The van der Waals surface area contributed by atoms with E-state index in [4.69, 9.17) is 5.11 Å². The summed E-state index contributed by atoms with van der Waals surface area (Å²) in [5.74, 6) is 0.834. The van der Waals surface area contributed by atoms with Crippen LogP contribution in [-0.4, -0.2) is 12.2 Å². The van der Waals surface area contributed by atoms with E-state index in [1.54, 1.807) is 0 Å². The lowest BCUT2D eigenvalue weighted by atomic mass is 10.2. The monoisotopic (exact) mass is 156 g/mol. The molecule has 0 aliphatic carbocycles. The summed E-state index contributed by atoms with van der Waals surface area (Å²) in [5.41, 5.74) is 1.27. The zero-order valence-electron chi connectivity index (χ0n) is 5.99. The molecule has 1 aromatic carbocycles. The zero-order chi connectivity index (χ0) is 7.82. The van der Waals surface area contributed by atoms with Crippen LogP contribution in [0.1, 0.15) is 5.56 Å². The van der Waals surface area contributed by atoms with Crippen molar-refractivity contribution in [3.8, 4) is 0 Å². The van der Waals surface area contributed by atoms with Crippen LogP contribution in [0, 0.1) is 0 Å². The predicted octanol–water partition coefficient (Wildman–Crippen LogP) is 1.72. The van der Waals surface area contributed by atoms with E-state index >= 15 is 0 Å². The normalized spacial score (nSPS) is 7.90. The van der Waals surface area contributed by atoms with E-state index < -0.39 is 0 Å². The summed E-state index contributed by atoms with van der Waals surface area (Å²) >= 11 is 4.11. The van der Waals surface area contributed by atoms with Gasteiger partial charge in [0.1, 0.15) is 0 Å². The molecule has 0 saturated carbocycles. The Kier molecular flexibility index (Phi) is 6.33. The van der Waals surface area contributed by atoms with Crippen molar-refractivity contribution in [2.24, 2.45) is 0 Å². The minimum Gasteiger partial charge on any atom is -0.400 e. The molecule has 0 amide bonds. The number of aliphatic hydroxyl groups is 1. The average molecular weight is 156 g/mol. The Morgan fingerprint density at radius 1 is 1.20 bits per heavy atom. The van der Waals surface area contributed by atoms with Gasteiger partial charge in [0.25, 0.3) is 0 Å². The van der Waals surface area contributed by atoms with Crippen LogP contribution in [0.5, 0.6) is 0 Å². The van der Waals surface area contributed by atoms with Crippen molar-refractivity contribution in [2.75, 3.05) is 7.11 Å². The van der Waals surface area contributed by atoms with Crippen LogP contribution in [0.25, 0.3) is 0 Å². The van der Waals surface area contributed by atoms with Crippen LogP contribution in [-0.2, 0) is 5.75 Å². The van der Waals surface area contributed by atoms with E-state index in [9.17, 15) is 0 Å². The van der Waals surface area contributed by atoms with Gasteiger partial charge in [-0.2, -0.15) is 12.6 Å². The molecule has 1 rings (SSSR count). The second-order valence-corrected chi connectivity index (χ2v) is 1.96. The van der Waals surface area contributed by atoms with Gasteiger partial charge >= 0.3 is 0 Å². The van der Waals surface area contributed by atoms with E-state index in [0.717, 1.165) is 12.9 Å². The quantitative estimate of drug-likeness (QED) is 0.593. The van der Waals surface area contributed by atoms with Crippen molar-refractivity contribution >= 4 is 12.6 Å². The summed E-state index contributed by atoms with van der Waals surface area (Å²) < 4.78 is 0. The molecular weight excluding hydrogens is 144 g/mol. The van der Waals surface area contributed by atoms with Gasteiger partial charge in [-0.1, -0.05) is 30.3 Å². The molecule has 0 fully saturated rings. The summed E-state index contributed by atoms with van der Waals surface area (Å²) in [6.45, 7) is 0. The van der Waals surface area contributed by atoms with Crippen molar-refractivity contribution in [3.63, 3.8) is 0 Å². The third-order valence-electron chi connectivity index (χ3n) is 1.03. The Bertz CT molecular complexity index is 151. The third-order valence-corrected chi connectivity index (χ3v) is 1.39. The molecule has 1 N–H and O–H groups in total. The fraction of sp³-hybridized carbons (Fsp3) is 0.250. The van der Waals surface area contributed by atoms with Crippen LogP contribution in [0.4, 0.5) is 0 Å². The minimum absolute atomic E-state index is 0.834. The first-order chi connectivity index (χ1) is 4.93. The number of thiol groups is 1. The maximum atomic E-state index is 7.00. The van der Waals surface area contributed by atoms with E-state index in [1.807, 2.05) is 18.2 Å². The molecule has 0 radical (unpaired) electrons. The Morgan fingerprint density at radius 2 is 1.70 bits per heavy atom. The molecule has 2 heteroatoms. The largest absolute Gasteiger partial charge is 0.400 e. The van der Waals surface area contributed by atoms with Gasteiger partial charge in [-0.05, 0) is 5.56 Å². The van der Waals surface area contributed by atoms with Crippen molar-refractivity contribution < 1.29 is 5.11 Å². The maximum absolute atomic E-state index is 7.00. The smallest absolute Gasteiger partial charge is 0.0319 e. The Balaban J connectivity index is 0.000000371. The number of hydrogen-bond donors (Lipinski definition) is 2. The Labute approximate surface area is 67.1 Å². The number of aliphatic hydroxyl groups excluding tert-OH is 1. The summed E-state index contributed by atoms with van der Waals surface area (Å²) in [6.07, 6.45) is 0. The lowest BCUT2D eigenvalue weighted by molar-refractivity contribution is 0.399. The topological polar surface area (TPSA) is 20.2 Å².